The third-order valence-electron chi connectivity index (χ3n) is 5.77. The average Bonchev–Trinajstić information content (AvgIpc) is 2.82. The third kappa shape index (κ3) is 6.08. The normalized spacial score (nSPS) is 19.2. The Kier molecular flexibility index (Phi) is 8.29. The molecular formula is C22H33N3O6S. The second kappa shape index (κ2) is 10.8. The number of hydrogen-bond acceptors (Lipinski definition) is 7. The van der Waals surface area contributed by atoms with Crippen LogP contribution in [-0.4, -0.2) is 95.3 Å². The number of amides is 1. The van der Waals surface area contributed by atoms with Crippen LogP contribution in [0.3, 0.4) is 0 Å². The first-order valence-corrected chi connectivity index (χ1v) is 12.2. The van der Waals surface area contributed by atoms with Crippen LogP contribution < -0.4 is 10.1 Å². The van der Waals surface area contributed by atoms with E-state index in [1.165, 1.54) is 23.6 Å². The van der Waals surface area contributed by atoms with Crippen LogP contribution in [0.2, 0.25) is 0 Å². The molecule has 0 atom stereocenters. The predicted molar refractivity (Wildman–Crippen MR) is 121 cm³/mol. The van der Waals surface area contributed by atoms with E-state index in [0.29, 0.717) is 51.6 Å². The number of nitrogens with zero attached hydrogens (tertiary/aromatic N) is 2. The zero-order chi connectivity index (χ0) is 23.2. The van der Waals surface area contributed by atoms with E-state index in [1.54, 1.807) is 18.2 Å². The van der Waals surface area contributed by atoms with Gasteiger partial charge < -0.3 is 19.5 Å². The molecule has 2 aliphatic heterocycles. The summed E-state index contributed by atoms with van der Waals surface area (Å²) in [5, 5.41) is 2.94. The summed E-state index contributed by atoms with van der Waals surface area (Å²) in [6.07, 6.45) is 3.02. The van der Waals surface area contributed by atoms with Crippen LogP contribution in [0.4, 0.5) is 0 Å². The molecule has 0 spiro atoms. The Hall–Kier alpha value is -1.98. The van der Waals surface area contributed by atoms with Gasteiger partial charge in [0.25, 0.3) is 0 Å². The maximum atomic E-state index is 13.1. The van der Waals surface area contributed by atoms with Crippen molar-refractivity contribution in [3.8, 4) is 5.75 Å². The lowest BCUT2D eigenvalue weighted by Crippen LogP contribution is -2.55. The van der Waals surface area contributed by atoms with Crippen LogP contribution in [0.1, 0.15) is 19.4 Å². The largest absolute Gasteiger partial charge is 0.495 e. The van der Waals surface area contributed by atoms with E-state index < -0.39 is 10.0 Å². The smallest absolute Gasteiger partial charge is 0.246 e. The lowest BCUT2D eigenvalue weighted by atomic mass is 10.0. The molecule has 1 aromatic rings. The maximum absolute atomic E-state index is 13.1. The van der Waals surface area contributed by atoms with E-state index >= 15 is 0 Å². The fourth-order valence-electron chi connectivity index (χ4n) is 3.74. The Morgan fingerprint density at radius 2 is 1.75 bits per heavy atom. The summed E-state index contributed by atoms with van der Waals surface area (Å²) in [5.74, 6) is 0.0325. The van der Waals surface area contributed by atoms with E-state index in [4.69, 9.17) is 14.2 Å². The summed E-state index contributed by atoms with van der Waals surface area (Å²) >= 11 is 0. The first-order chi connectivity index (χ1) is 15.2. The minimum atomic E-state index is -3.73. The van der Waals surface area contributed by atoms with Gasteiger partial charge in [0.05, 0.1) is 33.5 Å². The average molecular weight is 468 g/mol. The summed E-state index contributed by atoms with van der Waals surface area (Å²) in [6, 6.07) is 4.86. The molecule has 10 heteroatoms. The van der Waals surface area contributed by atoms with Crippen molar-refractivity contribution in [1.82, 2.24) is 14.5 Å². The van der Waals surface area contributed by atoms with Crippen molar-refractivity contribution < 1.29 is 27.4 Å². The molecule has 0 saturated carbocycles. The third-order valence-corrected chi connectivity index (χ3v) is 7.68. The molecule has 0 radical (unpaired) electrons. The highest BCUT2D eigenvalue weighted by atomic mass is 32.2. The molecule has 2 heterocycles. The Labute approximate surface area is 190 Å². The summed E-state index contributed by atoms with van der Waals surface area (Å²) in [5.41, 5.74) is 0.410. The van der Waals surface area contributed by atoms with Gasteiger partial charge in [0, 0.05) is 44.3 Å². The Morgan fingerprint density at radius 1 is 1.12 bits per heavy atom. The summed E-state index contributed by atoms with van der Waals surface area (Å²) in [4.78, 5) is 14.8. The molecule has 0 aromatic heterocycles. The summed E-state index contributed by atoms with van der Waals surface area (Å²) < 4.78 is 43.5. The molecule has 2 fully saturated rings. The van der Waals surface area contributed by atoms with Crippen molar-refractivity contribution >= 4 is 22.0 Å². The molecule has 0 aliphatic carbocycles. The topological polar surface area (TPSA) is 97.4 Å². The van der Waals surface area contributed by atoms with Crippen LogP contribution in [0.15, 0.2) is 29.2 Å². The number of benzene rings is 1. The molecule has 1 amide bonds. The molecule has 1 aromatic carbocycles. The summed E-state index contributed by atoms with van der Waals surface area (Å²) in [6.45, 7) is 9.08. The highest BCUT2D eigenvalue weighted by molar-refractivity contribution is 7.89. The van der Waals surface area contributed by atoms with Gasteiger partial charge >= 0.3 is 0 Å². The van der Waals surface area contributed by atoms with Gasteiger partial charge in [-0.15, -0.1) is 0 Å². The fraction of sp³-hybridized carbons (Fsp3) is 0.591. The minimum absolute atomic E-state index is 0.0814. The Morgan fingerprint density at radius 3 is 2.38 bits per heavy atom. The first kappa shape index (κ1) is 24.7. The van der Waals surface area contributed by atoms with E-state index in [9.17, 15) is 13.2 Å². The van der Waals surface area contributed by atoms with E-state index in [1.807, 2.05) is 0 Å². The van der Waals surface area contributed by atoms with Gasteiger partial charge in [0.2, 0.25) is 15.9 Å². The lowest BCUT2D eigenvalue weighted by molar-refractivity contribution is -0.117. The number of sulfonamides is 1. The Balaban J connectivity index is 1.67. The quantitative estimate of drug-likeness (QED) is 0.569. The minimum Gasteiger partial charge on any atom is -0.495 e. The summed E-state index contributed by atoms with van der Waals surface area (Å²) in [7, 11) is -2.29. The van der Waals surface area contributed by atoms with E-state index in [2.05, 4.69) is 24.1 Å². The van der Waals surface area contributed by atoms with Crippen molar-refractivity contribution in [1.29, 1.82) is 0 Å². The lowest BCUT2D eigenvalue weighted by Gasteiger charge is -2.40. The number of ether oxygens (including phenoxy) is 3. The zero-order valence-corrected chi connectivity index (χ0v) is 19.8. The van der Waals surface area contributed by atoms with Crippen molar-refractivity contribution in [3.05, 3.63) is 29.8 Å². The van der Waals surface area contributed by atoms with Crippen molar-refractivity contribution in [2.24, 2.45) is 0 Å². The van der Waals surface area contributed by atoms with Crippen LogP contribution in [0, 0.1) is 0 Å². The predicted octanol–water partition coefficient (Wildman–Crippen LogP) is 0.956. The van der Waals surface area contributed by atoms with Gasteiger partial charge in [-0.05, 0) is 37.6 Å². The molecular weight excluding hydrogens is 434 g/mol. The van der Waals surface area contributed by atoms with Crippen LogP contribution in [-0.2, 0) is 24.3 Å². The second-order valence-electron chi connectivity index (χ2n) is 8.39. The molecule has 2 aliphatic rings. The highest BCUT2D eigenvalue weighted by Gasteiger charge is 2.30. The molecule has 0 unspecified atom stereocenters. The van der Waals surface area contributed by atoms with Crippen LogP contribution in [0.5, 0.6) is 5.75 Å². The van der Waals surface area contributed by atoms with Gasteiger partial charge in [0.1, 0.15) is 10.6 Å². The van der Waals surface area contributed by atoms with E-state index in [-0.39, 0.29) is 22.1 Å². The van der Waals surface area contributed by atoms with Crippen molar-refractivity contribution in [2.45, 2.75) is 24.3 Å². The van der Waals surface area contributed by atoms with Gasteiger partial charge in [-0.25, -0.2) is 8.42 Å². The number of nitrogens with one attached hydrogen (secondary N) is 1. The van der Waals surface area contributed by atoms with Crippen molar-refractivity contribution in [3.63, 3.8) is 0 Å². The number of hydrogen-bond donors (Lipinski definition) is 1. The monoisotopic (exact) mass is 467 g/mol. The van der Waals surface area contributed by atoms with E-state index in [0.717, 1.165) is 13.1 Å². The maximum Gasteiger partial charge on any atom is 0.246 e. The number of morpholine rings is 2. The highest BCUT2D eigenvalue weighted by Crippen LogP contribution is 2.28. The van der Waals surface area contributed by atoms with Crippen LogP contribution in [0.25, 0.3) is 6.08 Å². The van der Waals surface area contributed by atoms with Gasteiger partial charge in [0.15, 0.2) is 0 Å². The SMILES string of the molecule is COc1ccc(/C=C/C(=O)NCC(C)(C)N2CCOCC2)cc1S(=O)(=O)N1CCOCC1. The molecule has 32 heavy (non-hydrogen) atoms. The zero-order valence-electron chi connectivity index (χ0n) is 19.0. The number of carbonyl (C=O) groups excluding carboxylic acids is 1. The molecule has 2 saturated heterocycles. The van der Waals surface area contributed by atoms with Crippen molar-refractivity contribution in [2.75, 3.05) is 66.3 Å². The van der Waals surface area contributed by atoms with Gasteiger partial charge in [-0.2, -0.15) is 4.31 Å². The molecule has 178 valence electrons. The van der Waals surface area contributed by atoms with Gasteiger partial charge in [-0.1, -0.05) is 6.07 Å². The molecule has 9 nitrogen and oxygen atoms in total. The standard InChI is InChI=1S/C22H33N3O6S/c1-22(2,24-8-12-30-13-9-24)17-23-21(26)7-5-18-4-6-19(29-3)20(16-18)32(27,28)25-10-14-31-15-11-25/h4-7,16H,8-15,17H2,1-3H3,(H,23,26)/b7-5+. The van der Waals surface area contributed by atoms with Gasteiger partial charge in [-0.3, -0.25) is 9.69 Å². The first-order valence-electron chi connectivity index (χ1n) is 10.8. The molecule has 0 bridgehead atoms. The number of rotatable bonds is 8. The fourth-order valence-corrected chi connectivity index (χ4v) is 5.34. The second-order valence-corrected chi connectivity index (χ2v) is 10.3. The molecule has 1 N–H and O–H groups in total. The van der Waals surface area contributed by atoms with Crippen LogP contribution >= 0.6 is 0 Å². The number of carbonyl (C=O) groups is 1. The number of methoxy groups -OCH3 is 1. The molecule has 3 rings (SSSR count). The Bertz CT molecular complexity index is 920.